The molecule has 0 unspecified atom stereocenters. The Labute approximate surface area is 105 Å². The minimum absolute atomic E-state index is 0.137. The monoisotopic (exact) mass is 254 g/mol. The zero-order valence-electron chi connectivity index (χ0n) is 10.5. The average molecular weight is 254 g/mol. The third-order valence-electron chi connectivity index (χ3n) is 2.33. The van der Waals surface area contributed by atoms with Gasteiger partial charge in [0.2, 0.25) is 11.7 Å². The van der Waals surface area contributed by atoms with Crippen molar-refractivity contribution in [2.75, 3.05) is 0 Å². The number of hydrogen-bond donors (Lipinski definition) is 3. The zero-order valence-corrected chi connectivity index (χ0v) is 10.5. The van der Waals surface area contributed by atoms with E-state index in [-0.39, 0.29) is 23.8 Å². The second kappa shape index (κ2) is 5.68. The topological polar surface area (TPSA) is 106 Å². The largest absolute Gasteiger partial charge is 0.475 e. The number of carbonyl (C=O) groups excluding carboxylic acids is 1. The first-order chi connectivity index (χ1) is 8.28. The number of nitrogens with two attached hydrogens (primary N) is 1. The zero-order chi connectivity index (χ0) is 13.8. The first kappa shape index (κ1) is 14.2. The van der Waals surface area contributed by atoms with Gasteiger partial charge in [-0.1, -0.05) is 0 Å². The number of amides is 1. The Morgan fingerprint density at radius 1 is 1.44 bits per heavy atom. The van der Waals surface area contributed by atoms with Gasteiger partial charge in [0.15, 0.2) is 0 Å². The van der Waals surface area contributed by atoms with Gasteiger partial charge in [-0.3, -0.25) is 4.79 Å². The highest BCUT2D eigenvalue weighted by molar-refractivity contribution is 5.84. The maximum absolute atomic E-state index is 11.5. The molecule has 0 bridgehead atoms. The summed E-state index contributed by atoms with van der Waals surface area (Å²) in [7, 11) is 0. The minimum atomic E-state index is -1.13. The van der Waals surface area contributed by atoms with Gasteiger partial charge in [-0.05, 0) is 32.4 Å². The Hall–Kier alpha value is -1.82. The van der Waals surface area contributed by atoms with Gasteiger partial charge in [-0.15, -0.1) is 0 Å². The Balaban J connectivity index is 2.36. The first-order valence-corrected chi connectivity index (χ1v) is 5.65. The lowest BCUT2D eigenvalue weighted by Crippen LogP contribution is -2.34. The molecule has 0 aromatic carbocycles. The fourth-order valence-corrected chi connectivity index (χ4v) is 1.30. The van der Waals surface area contributed by atoms with Crippen LogP contribution >= 0.6 is 0 Å². The van der Waals surface area contributed by atoms with E-state index in [0.717, 1.165) is 0 Å². The van der Waals surface area contributed by atoms with Crippen molar-refractivity contribution in [1.82, 2.24) is 5.32 Å². The van der Waals surface area contributed by atoms with Gasteiger partial charge in [0, 0.05) is 12.0 Å². The van der Waals surface area contributed by atoms with E-state index in [1.165, 1.54) is 12.1 Å². The fraction of sp³-hybridized carbons (Fsp3) is 0.500. The van der Waals surface area contributed by atoms with E-state index >= 15 is 0 Å². The summed E-state index contributed by atoms with van der Waals surface area (Å²) in [6.07, 6.45) is 0.910. The molecular formula is C12H18N2O4. The smallest absolute Gasteiger partial charge is 0.371 e. The van der Waals surface area contributed by atoms with Gasteiger partial charge in [-0.25, -0.2) is 4.79 Å². The molecule has 1 aromatic rings. The van der Waals surface area contributed by atoms with E-state index < -0.39 is 5.97 Å². The third-order valence-corrected chi connectivity index (χ3v) is 2.33. The lowest BCUT2D eigenvalue weighted by Gasteiger charge is -2.17. The van der Waals surface area contributed by atoms with Crippen LogP contribution in [0.1, 0.15) is 43.0 Å². The van der Waals surface area contributed by atoms with Crippen molar-refractivity contribution in [1.29, 1.82) is 0 Å². The van der Waals surface area contributed by atoms with Crippen molar-refractivity contribution in [3.63, 3.8) is 0 Å². The van der Waals surface area contributed by atoms with Gasteiger partial charge in [-0.2, -0.15) is 0 Å². The Bertz CT molecular complexity index is 432. The molecule has 0 aliphatic heterocycles. The van der Waals surface area contributed by atoms with E-state index in [9.17, 15) is 9.59 Å². The van der Waals surface area contributed by atoms with Crippen molar-refractivity contribution < 1.29 is 19.1 Å². The summed E-state index contributed by atoms with van der Waals surface area (Å²) in [5.41, 5.74) is 5.39. The maximum atomic E-state index is 11.5. The van der Waals surface area contributed by atoms with E-state index in [4.69, 9.17) is 15.3 Å². The van der Waals surface area contributed by atoms with Gasteiger partial charge in [0.1, 0.15) is 5.76 Å². The summed E-state index contributed by atoms with van der Waals surface area (Å²) in [6, 6.07) is 2.88. The second-order valence-electron chi connectivity index (χ2n) is 4.84. The average Bonchev–Trinajstić information content (AvgIpc) is 2.71. The molecule has 4 N–H and O–H groups in total. The summed E-state index contributed by atoms with van der Waals surface area (Å²) in [5, 5.41) is 11.3. The van der Waals surface area contributed by atoms with Crippen LogP contribution in [0.15, 0.2) is 16.5 Å². The number of nitrogens with one attached hydrogen (secondary N) is 1. The molecule has 0 fully saturated rings. The number of aromatic carboxylic acids is 1. The second-order valence-corrected chi connectivity index (χ2v) is 4.84. The molecule has 0 atom stereocenters. The van der Waals surface area contributed by atoms with Crippen LogP contribution in [0.25, 0.3) is 0 Å². The van der Waals surface area contributed by atoms with Gasteiger partial charge < -0.3 is 20.6 Å². The van der Waals surface area contributed by atoms with E-state index in [1.807, 2.05) is 13.8 Å². The summed E-state index contributed by atoms with van der Waals surface area (Å²) >= 11 is 0. The lowest BCUT2D eigenvalue weighted by molar-refractivity contribution is -0.121. The van der Waals surface area contributed by atoms with Crippen molar-refractivity contribution >= 4 is 11.9 Å². The van der Waals surface area contributed by atoms with Crippen LogP contribution in [-0.4, -0.2) is 22.5 Å². The van der Waals surface area contributed by atoms with Crippen molar-refractivity contribution in [3.05, 3.63) is 23.7 Å². The highest BCUT2D eigenvalue weighted by Gasteiger charge is 2.14. The summed E-state index contributed by atoms with van der Waals surface area (Å²) in [6.45, 7) is 3.88. The van der Waals surface area contributed by atoms with Crippen molar-refractivity contribution in [2.24, 2.45) is 5.73 Å². The molecule has 0 spiro atoms. The quantitative estimate of drug-likeness (QED) is 0.705. The van der Waals surface area contributed by atoms with E-state index in [1.54, 1.807) is 0 Å². The van der Waals surface area contributed by atoms with Crippen LogP contribution in [0.4, 0.5) is 0 Å². The van der Waals surface area contributed by atoms with Gasteiger partial charge in [0.05, 0.1) is 6.54 Å². The van der Waals surface area contributed by atoms with Crippen LogP contribution in [0.2, 0.25) is 0 Å². The molecule has 0 aliphatic rings. The van der Waals surface area contributed by atoms with E-state index in [0.29, 0.717) is 18.6 Å². The van der Waals surface area contributed by atoms with Crippen molar-refractivity contribution in [2.45, 2.75) is 38.8 Å². The predicted octanol–water partition coefficient (Wildman–Crippen LogP) is 1.11. The number of carbonyl (C=O) groups is 2. The van der Waals surface area contributed by atoms with Crippen LogP contribution in [0.5, 0.6) is 0 Å². The first-order valence-electron chi connectivity index (χ1n) is 5.65. The molecule has 0 saturated carbocycles. The number of carboxylic acids is 1. The Morgan fingerprint density at radius 2 is 2.11 bits per heavy atom. The molecule has 0 radical (unpaired) electrons. The molecule has 100 valence electrons. The normalized spacial score (nSPS) is 11.3. The van der Waals surface area contributed by atoms with Crippen LogP contribution < -0.4 is 11.1 Å². The lowest BCUT2D eigenvalue weighted by atomic mass is 10.00. The predicted molar refractivity (Wildman–Crippen MR) is 65.0 cm³/mol. The molecule has 1 heterocycles. The van der Waals surface area contributed by atoms with Crippen molar-refractivity contribution in [3.8, 4) is 0 Å². The minimum Gasteiger partial charge on any atom is -0.475 e. The van der Waals surface area contributed by atoms with Crippen LogP contribution in [0, 0.1) is 0 Å². The SMILES string of the molecule is CC(C)(N)CCC(=O)NCc1ccc(C(=O)O)o1. The van der Waals surface area contributed by atoms with Gasteiger partial charge in [0.25, 0.3) is 0 Å². The van der Waals surface area contributed by atoms with E-state index in [2.05, 4.69) is 5.32 Å². The van der Waals surface area contributed by atoms with Gasteiger partial charge >= 0.3 is 5.97 Å². The fourth-order valence-electron chi connectivity index (χ4n) is 1.30. The molecule has 18 heavy (non-hydrogen) atoms. The summed E-state index contributed by atoms with van der Waals surface area (Å²) < 4.78 is 5.00. The Kier molecular flexibility index (Phi) is 4.49. The molecular weight excluding hydrogens is 236 g/mol. The molecule has 1 rings (SSSR count). The molecule has 1 amide bonds. The molecule has 6 heteroatoms. The molecule has 0 saturated heterocycles. The molecule has 0 aliphatic carbocycles. The highest BCUT2D eigenvalue weighted by atomic mass is 16.4. The Morgan fingerprint density at radius 3 is 2.61 bits per heavy atom. The number of furan rings is 1. The summed E-state index contributed by atoms with van der Waals surface area (Å²) in [5.74, 6) is -0.991. The highest BCUT2D eigenvalue weighted by Crippen LogP contribution is 2.09. The molecule has 6 nitrogen and oxygen atoms in total. The number of carboxylic acid groups (broad SMARTS) is 1. The molecule has 1 aromatic heterocycles. The summed E-state index contributed by atoms with van der Waals surface area (Å²) in [4.78, 5) is 22.0. The van der Waals surface area contributed by atoms with Crippen LogP contribution in [0.3, 0.4) is 0 Å². The maximum Gasteiger partial charge on any atom is 0.371 e. The third kappa shape index (κ3) is 5.01. The number of rotatable bonds is 6. The standard InChI is InChI=1S/C12H18N2O4/c1-12(2,13)6-5-10(15)14-7-8-3-4-9(18-8)11(16)17/h3-4H,5-7,13H2,1-2H3,(H,14,15)(H,16,17). The van der Waals surface area contributed by atoms with Crippen LogP contribution in [-0.2, 0) is 11.3 Å². The number of hydrogen-bond acceptors (Lipinski definition) is 4.